The fourth-order valence-corrected chi connectivity index (χ4v) is 3.96. The molecule has 21 heavy (non-hydrogen) atoms. The smallest absolute Gasteiger partial charge is 0.392 e. The van der Waals surface area contributed by atoms with Gasteiger partial charge in [-0.2, -0.15) is 0 Å². The third-order valence-corrected chi connectivity index (χ3v) is 5.16. The van der Waals surface area contributed by atoms with Crippen LogP contribution in [0.1, 0.15) is 37.5 Å². The maximum atomic E-state index is 12.4. The van der Waals surface area contributed by atoms with Crippen molar-refractivity contribution in [1.82, 2.24) is 15.1 Å². The van der Waals surface area contributed by atoms with Crippen LogP contribution in [0.15, 0.2) is 9.21 Å². The van der Waals surface area contributed by atoms with Gasteiger partial charge in [0.15, 0.2) is 0 Å². The van der Waals surface area contributed by atoms with Gasteiger partial charge in [0.2, 0.25) is 11.8 Å². The Labute approximate surface area is 120 Å². The average molecular weight is 291 g/mol. The van der Waals surface area contributed by atoms with Gasteiger partial charge in [0, 0.05) is 31.3 Å². The normalized spacial score (nSPS) is 32.3. The standard InChI is InChI=1S/C14H17N3O4/c18-9-2-1-8-10(9)11(8)13(19)17-5-3-7(4-6-17)12-15-16-14(20)21-12/h7-8,10-11H,1-6H2,(H,16,20). The van der Waals surface area contributed by atoms with Crippen molar-refractivity contribution in [3.05, 3.63) is 16.4 Å². The topological polar surface area (TPSA) is 96.3 Å². The van der Waals surface area contributed by atoms with Crippen molar-refractivity contribution in [2.75, 3.05) is 13.1 Å². The first-order chi connectivity index (χ1) is 10.1. The summed E-state index contributed by atoms with van der Waals surface area (Å²) in [6.45, 7) is 1.29. The van der Waals surface area contributed by atoms with Crippen LogP contribution in [-0.2, 0) is 9.59 Å². The van der Waals surface area contributed by atoms with Gasteiger partial charge in [0.1, 0.15) is 5.78 Å². The van der Waals surface area contributed by atoms with Gasteiger partial charge in [-0.15, -0.1) is 5.10 Å². The minimum atomic E-state index is -0.534. The Kier molecular flexibility index (Phi) is 2.77. The first-order valence-corrected chi connectivity index (χ1v) is 7.52. The van der Waals surface area contributed by atoms with Crippen molar-refractivity contribution >= 4 is 11.7 Å². The van der Waals surface area contributed by atoms with E-state index in [4.69, 9.17) is 4.42 Å². The van der Waals surface area contributed by atoms with Gasteiger partial charge in [-0.05, 0) is 25.2 Å². The van der Waals surface area contributed by atoms with Crippen LogP contribution in [-0.4, -0.2) is 39.9 Å². The number of hydrogen-bond donors (Lipinski definition) is 1. The Morgan fingerprint density at radius 1 is 1.24 bits per heavy atom. The lowest BCUT2D eigenvalue weighted by atomic mass is 9.96. The number of ketones is 1. The van der Waals surface area contributed by atoms with Crippen LogP contribution in [0.25, 0.3) is 0 Å². The molecule has 0 radical (unpaired) electrons. The van der Waals surface area contributed by atoms with Crippen LogP contribution in [0.2, 0.25) is 0 Å². The number of fused-ring (bicyclic) bond motifs is 1. The molecule has 2 saturated carbocycles. The third kappa shape index (κ3) is 2.02. The molecule has 3 fully saturated rings. The minimum Gasteiger partial charge on any atom is -0.392 e. The number of carbonyl (C=O) groups excluding carboxylic acids is 2. The predicted octanol–water partition coefficient (Wildman–Crippen LogP) is 0.294. The Morgan fingerprint density at radius 3 is 2.57 bits per heavy atom. The summed E-state index contributed by atoms with van der Waals surface area (Å²) in [6, 6.07) is 0. The van der Waals surface area contributed by atoms with E-state index in [-0.39, 0.29) is 29.4 Å². The molecular formula is C14H17N3O4. The lowest BCUT2D eigenvalue weighted by molar-refractivity contribution is -0.136. The number of nitrogens with zero attached hydrogens (tertiary/aromatic N) is 2. The number of H-pyrrole nitrogens is 1. The number of aromatic nitrogens is 2. The van der Waals surface area contributed by atoms with Crippen LogP contribution in [0.4, 0.5) is 0 Å². The van der Waals surface area contributed by atoms with Crippen molar-refractivity contribution in [2.24, 2.45) is 17.8 Å². The van der Waals surface area contributed by atoms with E-state index in [0.29, 0.717) is 31.3 Å². The van der Waals surface area contributed by atoms with Gasteiger partial charge in [0.05, 0.1) is 5.92 Å². The fraction of sp³-hybridized carbons (Fsp3) is 0.714. The molecule has 3 aliphatic rings. The number of carbonyl (C=O) groups is 2. The predicted molar refractivity (Wildman–Crippen MR) is 70.4 cm³/mol. The van der Waals surface area contributed by atoms with Gasteiger partial charge in [0.25, 0.3) is 0 Å². The summed E-state index contributed by atoms with van der Waals surface area (Å²) < 4.78 is 4.98. The summed E-state index contributed by atoms with van der Waals surface area (Å²) in [6.07, 6.45) is 3.03. The molecule has 1 saturated heterocycles. The Balaban J connectivity index is 1.36. The zero-order valence-corrected chi connectivity index (χ0v) is 11.6. The zero-order valence-electron chi connectivity index (χ0n) is 11.6. The third-order valence-electron chi connectivity index (χ3n) is 5.16. The molecular weight excluding hydrogens is 274 g/mol. The van der Waals surface area contributed by atoms with E-state index in [1.807, 2.05) is 4.90 Å². The lowest BCUT2D eigenvalue weighted by Gasteiger charge is -2.31. The molecule has 1 N–H and O–H groups in total. The van der Waals surface area contributed by atoms with Gasteiger partial charge in [-0.25, -0.2) is 9.89 Å². The monoisotopic (exact) mass is 291 g/mol. The molecule has 7 heteroatoms. The molecule has 3 atom stereocenters. The number of piperidine rings is 1. The molecule has 1 aromatic heterocycles. The van der Waals surface area contributed by atoms with E-state index < -0.39 is 5.76 Å². The quantitative estimate of drug-likeness (QED) is 0.845. The summed E-state index contributed by atoms with van der Waals surface area (Å²) in [4.78, 5) is 36.9. The number of Topliss-reactive ketones (excluding diaryl/α,β-unsaturated/α-hetero) is 1. The molecule has 0 aromatic carbocycles. The molecule has 3 unspecified atom stereocenters. The van der Waals surface area contributed by atoms with E-state index >= 15 is 0 Å². The summed E-state index contributed by atoms with van der Waals surface area (Å²) >= 11 is 0. The van der Waals surface area contributed by atoms with Crippen molar-refractivity contribution in [3.8, 4) is 0 Å². The summed E-state index contributed by atoms with van der Waals surface area (Å²) in [5.41, 5.74) is 0. The highest BCUT2D eigenvalue weighted by atomic mass is 16.4. The lowest BCUT2D eigenvalue weighted by Crippen LogP contribution is -2.39. The van der Waals surface area contributed by atoms with Gasteiger partial charge in [-0.1, -0.05) is 0 Å². The average Bonchev–Trinajstić information content (AvgIpc) is 2.85. The number of nitrogens with one attached hydrogen (secondary N) is 1. The number of amides is 1. The SMILES string of the molecule is O=C1CCC2C1C2C(=O)N1CCC(c2n[nH]c(=O)o2)CC1. The number of hydrogen-bond acceptors (Lipinski definition) is 5. The molecule has 7 nitrogen and oxygen atoms in total. The summed E-state index contributed by atoms with van der Waals surface area (Å²) in [5, 5.41) is 6.13. The van der Waals surface area contributed by atoms with Crippen LogP contribution in [0, 0.1) is 17.8 Å². The highest BCUT2D eigenvalue weighted by molar-refractivity contribution is 5.96. The van der Waals surface area contributed by atoms with E-state index in [0.717, 1.165) is 19.3 Å². The molecule has 0 spiro atoms. The number of aromatic amines is 1. The van der Waals surface area contributed by atoms with E-state index in [2.05, 4.69) is 10.2 Å². The van der Waals surface area contributed by atoms with Crippen LogP contribution >= 0.6 is 0 Å². The maximum absolute atomic E-state index is 12.4. The van der Waals surface area contributed by atoms with Crippen LogP contribution < -0.4 is 5.76 Å². The van der Waals surface area contributed by atoms with E-state index in [9.17, 15) is 14.4 Å². The number of rotatable bonds is 2. The Hall–Kier alpha value is -1.92. The largest absolute Gasteiger partial charge is 0.434 e. The van der Waals surface area contributed by atoms with Crippen molar-refractivity contribution in [1.29, 1.82) is 0 Å². The summed E-state index contributed by atoms with van der Waals surface area (Å²) in [5.74, 6) is 0.677. The Bertz CT molecular complexity index is 641. The molecule has 1 aliphatic heterocycles. The highest BCUT2D eigenvalue weighted by Crippen LogP contribution is 2.56. The molecule has 112 valence electrons. The van der Waals surface area contributed by atoms with Gasteiger partial charge in [-0.3, -0.25) is 9.59 Å². The second-order valence-corrected chi connectivity index (χ2v) is 6.27. The van der Waals surface area contributed by atoms with Crippen molar-refractivity contribution < 1.29 is 14.0 Å². The second kappa shape index (κ2) is 4.54. The first kappa shape index (κ1) is 12.8. The number of likely N-dealkylation sites (tertiary alicyclic amines) is 1. The van der Waals surface area contributed by atoms with Crippen LogP contribution in [0.5, 0.6) is 0 Å². The van der Waals surface area contributed by atoms with Crippen LogP contribution in [0.3, 0.4) is 0 Å². The summed E-state index contributed by atoms with van der Waals surface area (Å²) in [7, 11) is 0. The Morgan fingerprint density at radius 2 is 2.00 bits per heavy atom. The minimum absolute atomic E-state index is 0.0135. The zero-order chi connectivity index (χ0) is 14.6. The van der Waals surface area contributed by atoms with Crippen molar-refractivity contribution in [3.63, 3.8) is 0 Å². The van der Waals surface area contributed by atoms with E-state index in [1.54, 1.807) is 0 Å². The first-order valence-electron chi connectivity index (χ1n) is 7.52. The van der Waals surface area contributed by atoms with Gasteiger partial charge < -0.3 is 9.32 Å². The second-order valence-electron chi connectivity index (χ2n) is 6.27. The molecule has 4 rings (SSSR count). The molecule has 1 amide bonds. The highest BCUT2D eigenvalue weighted by Gasteiger charge is 2.62. The van der Waals surface area contributed by atoms with E-state index in [1.165, 1.54) is 0 Å². The fourth-order valence-electron chi connectivity index (χ4n) is 3.96. The maximum Gasteiger partial charge on any atom is 0.434 e. The van der Waals surface area contributed by atoms with Crippen molar-refractivity contribution in [2.45, 2.75) is 31.6 Å². The molecule has 2 heterocycles. The molecule has 0 bridgehead atoms. The molecule has 2 aliphatic carbocycles. The van der Waals surface area contributed by atoms with Gasteiger partial charge >= 0.3 is 5.76 Å². The molecule has 1 aromatic rings.